The molecule has 0 radical (unpaired) electrons. The van der Waals surface area contributed by atoms with Crippen molar-refractivity contribution < 1.29 is 18.0 Å². The van der Waals surface area contributed by atoms with Crippen LogP contribution in [0.2, 0.25) is 15.1 Å². The standard InChI is InChI=1S/C29H32Cl3N3O4S/c1-4-20(2)33-29(37)26(17-21-9-6-5-7-10-21)34(18-22-13-15-23(30)16-14-22)27(36)19-35(40(3,38)39)25-12-8-11-24(31)28(25)32/h5-16,20,26H,4,17-19H2,1-3H3,(H,33,37)/t20-,26+/m0/s1. The quantitative estimate of drug-likeness (QED) is 0.269. The number of nitrogens with zero attached hydrogens (tertiary/aromatic N) is 2. The molecule has 0 fully saturated rings. The fraction of sp³-hybridized carbons (Fsp3) is 0.310. The Morgan fingerprint density at radius 3 is 2.15 bits per heavy atom. The minimum atomic E-state index is -3.97. The number of sulfonamides is 1. The lowest BCUT2D eigenvalue weighted by Gasteiger charge is -2.34. The van der Waals surface area contributed by atoms with Gasteiger partial charge in [0.2, 0.25) is 21.8 Å². The van der Waals surface area contributed by atoms with Gasteiger partial charge in [-0.1, -0.05) is 90.3 Å². The Balaban J connectivity index is 2.08. The summed E-state index contributed by atoms with van der Waals surface area (Å²) in [5.74, 6) is -0.927. The number of hydrogen-bond acceptors (Lipinski definition) is 4. The Morgan fingerprint density at radius 2 is 1.55 bits per heavy atom. The second kappa shape index (κ2) is 14.2. The molecule has 0 aliphatic rings. The summed E-state index contributed by atoms with van der Waals surface area (Å²) in [5.41, 5.74) is 1.64. The molecule has 11 heteroatoms. The van der Waals surface area contributed by atoms with Gasteiger partial charge in [-0.05, 0) is 48.7 Å². The molecule has 0 bridgehead atoms. The molecule has 2 amide bonds. The van der Waals surface area contributed by atoms with E-state index in [0.29, 0.717) is 11.4 Å². The topological polar surface area (TPSA) is 86.8 Å². The third-order valence-corrected chi connectivity index (χ3v) is 8.60. The van der Waals surface area contributed by atoms with Crippen molar-refractivity contribution in [3.63, 3.8) is 0 Å². The van der Waals surface area contributed by atoms with E-state index in [1.807, 2.05) is 44.2 Å². The van der Waals surface area contributed by atoms with E-state index in [9.17, 15) is 18.0 Å². The smallest absolute Gasteiger partial charge is 0.244 e. The summed E-state index contributed by atoms with van der Waals surface area (Å²) in [5, 5.41) is 3.66. The highest BCUT2D eigenvalue weighted by atomic mass is 35.5. The second-order valence-corrected chi connectivity index (χ2v) is 12.6. The molecule has 7 nitrogen and oxygen atoms in total. The Bertz CT molecular complexity index is 1420. The van der Waals surface area contributed by atoms with Crippen molar-refractivity contribution in [2.24, 2.45) is 0 Å². The van der Waals surface area contributed by atoms with Crippen LogP contribution < -0.4 is 9.62 Å². The number of benzene rings is 3. The first kappa shape index (κ1) is 31.7. The van der Waals surface area contributed by atoms with E-state index in [1.165, 1.54) is 17.0 Å². The summed E-state index contributed by atoms with van der Waals surface area (Å²) in [7, 11) is -3.97. The first-order valence-corrected chi connectivity index (χ1v) is 15.7. The molecule has 3 aromatic carbocycles. The fourth-order valence-electron chi connectivity index (χ4n) is 4.06. The largest absolute Gasteiger partial charge is 0.352 e. The van der Waals surface area contributed by atoms with Gasteiger partial charge >= 0.3 is 0 Å². The molecule has 0 saturated carbocycles. The summed E-state index contributed by atoms with van der Waals surface area (Å²) in [6.45, 7) is 3.29. The normalized spacial score (nSPS) is 12.8. The van der Waals surface area contributed by atoms with Gasteiger partial charge in [-0.25, -0.2) is 8.42 Å². The maximum absolute atomic E-state index is 14.1. The van der Waals surface area contributed by atoms with Crippen LogP contribution >= 0.6 is 34.8 Å². The van der Waals surface area contributed by atoms with E-state index in [0.717, 1.165) is 21.7 Å². The predicted octanol–water partition coefficient (Wildman–Crippen LogP) is 5.97. The maximum atomic E-state index is 14.1. The predicted molar refractivity (Wildman–Crippen MR) is 162 cm³/mol. The third-order valence-electron chi connectivity index (χ3n) is 6.42. The molecule has 0 spiro atoms. The van der Waals surface area contributed by atoms with Gasteiger partial charge in [0.1, 0.15) is 12.6 Å². The number of nitrogens with one attached hydrogen (secondary N) is 1. The van der Waals surface area contributed by atoms with Crippen molar-refractivity contribution in [3.8, 4) is 0 Å². The van der Waals surface area contributed by atoms with Crippen molar-refractivity contribution in [1.29, 1.82) is 0 Å². The lowest BCUT2D eigenvalue weighted by Crippen LogP contribution is -2.54. The van der Waals surface area contributed by atoms with Crippen LogP contribution in [-0.4, -0.2) is 50.0 Å². The second-order valence-electron chi connectivity index (χ2n) is 9.51. The number of anilines is 1. The van der Waals surface area contributed by atoms with E-state index in [1.54, 1.807) is 30.3 Å². The summed E-state index contributed by atoms with van der Waals surface area (Å²) in [6, 6.07) is 19.7. The van der Waals surface area contributed by atoms with Crippen molar-refractivity contribution in [3.05, 3.63) is 99.0 Å². The molecule has 0 aromatic heterocycles. The fourth-order valence-corrected chi connectivity index (χ4v) is 5.49. The molecule has 1 N–H and O–H groups in total. The first-order valence-electron chi connectivity index (χ1n) is 12.7. The van der Waals surface area contributed by atoms with Crippen LogP contribution in [-0.2, 0) is 32.6 Å². The van der Waals surface area contributed by atoms with Crippen LogP contribution in [0.15, 0.2) is 72.8 Å². The van der Waals surface area contributed by atoms with Crippen LogP contribution in [0, 0.1) is 0 Å². The molecule has 0 saturated heterocycles. The van der Waals surface area contributed by atoms with E-state index in [4.69, 9.17) is 34.8 Å². The van der Waals surface area contributed by atoms with Gasteiger partial charge < -0.3 is 10.2 Å². The lowest BCUT2D eigenvalue weighted by atomic mass is 10.0. The Kier molecular flexibility index (Phi) is 11.3. The van der Waals surface area contributed by atoms with Crippen molar-refractivity contribution in [1.82, 2.24) is 10.2 Å². The van der Waals surface area contributed by atoms with Gasteiger partial charge in [0, 0.05) is 24.0 Å². The summed E-state index contributed by atoms with van der Waals surface area (Å²) < 4.78 is 26.7. The number of carbonyl (C=O) groups excluding carboxylic acids is 2. The molecular formula is C29H32Cl3N3O4S. The van der Waals surface area contributed by atoms with Crippen molar-refractivity contribution in [2.75, 3.05) is 17.1 Å². The van der Waals surface area contributed by atoms with E-state index >= 15 is 0 Å². The summed E-state index contributed by atoms with van der Waals surface area (Å²) >= 11 is 18.6. The third kappa shape index (κ3) is 8.61. The molecule has 0 unspecified atom stereocenters. The molecule has 3 rings (SSSR count). The zero-order valence-electron chi connectivity index (χ0n) is 22.5. The molecule has 2 atom stereocenters. The minimum absolute atomic E-state index is 0.00184. The van der Waals surface area contributed by atoms with Crippen LogP contribution in [0.4, 0.5) is 5.69 Å². The highest BCUT2D eigenvalue weighted by Crippen LogP contribution is 2.34. The zero-order chi connectivity index (χ0) is 29.4. The van der Waals surface area contributed by atoms with E-state index in [2.05, 4.69) is 5.32 Å². The Labute approximate surface area is 251 Å². The van der Waals surface area contributed by atoms with Gasteiger partial charge in [-0.2, -0.15) is 0 Å². The molecule has 214 valence electrons. The van der Waals surface area contributed by atoms with Gasteiger partial charge in [-0.15, -0.1) is 0 Å². The number of carbonyl (C=O) groups is 2. The molecule has 0 aliphatic heterocycles. The van der Waals surface area contributed by atoms with Gasteiger partial charge in [0.05, 0.1) is 22.0 Å². The summed E-state index contributed by atoms with van der Waals surface area (Å²) in [4.78, 5) is 29.1. The maximum Gasteiger partial charge on any atom is 0.244 e. The number of rotatable bonds is 12. The average molecular weight is 625 g/mol. The molecular weight excluding hydrogens is 593 g/mol. The highest BCUT2D eigenvalue weighted by Gasteiger charge is 2.34. The van der Waals surface area contributed by atoms with Gasteiger partial charge in [-0.3, -0.25) is 13.9 Å². The molecule has 0 aliphatic carbocycles. The van der Waals surface area contributed by atoms with Crippen LogP contribution in [0.25, 0.3) is 0 Å². The number of halogens is 3. The monoisotopic (exact) mass is 623 g/mol. The van der Waals surface area contributed by atoms with Crippen molar-refractivity contribution in [2.45, 2.75) is 45.3 Å². The van der Waals surface area contributed by atoms with Crippen LogP contribution in [0.5, 0.6) is 0 Å². The van der Waals surface area contributed by atoms with E-state index in [-0.39, 0.29) is 40.6 Å². The number of amides is 2. The SMILES string of the molecule is CC[C@H](C)NC(=O)[C@@H](Cc1ccccc1)N(Cc1ccc(Cl)cc1)C(=O)CN(c1cccc(Cl)c1Cl)S(C)(=O)=O. The van der Waals surface area contributed by atoms with Crippen LogP contribution in [0.1, 0.15) is 31.4 Å². The first-order chi connectivity index (χ1) is 18.9. The zero-order valence-corrected chi connectivity index (χ0v) is 25.6. The summed E-state index contributed by atoms with van der Waals surface area (Å²) in [6.07, 6.45) is 1.90. The number of hydrogen-bond donors (Lipinski definition) is 1. The average Bonchev–Trinajstić information content (AvgIpc) is 2.91. The Morgan fingerprint density at radius 1 is 0.900 bits per heavy atom. The highest BCUT2D eigenvalue weighted by molar-refractivity contribution is 7.92. The lowest BCUT2D eigenvalue weighted by molar-refractivity contribution is -0.140. The van der Waals surface area contributed by atoms with Gasteiger partial charge in [0.25, 0.3) is 0 Å². The Hall–Kier alpha value is -2.78. The van der Waals surface area contributed by atoms with E-state index < -0.39 is 28.5 Å². The molecule has 40 heavy (non-hydrogen) atoms. The molecule has 3 aromatic rings. The molecule has 0 heterocycles. The van der Waals surface area contributed by atoms with Crippen LogP contribution in [0.3, 0.4) is 0 Å². The van der Waals surface area contributed by atoms with Crippen molar-refractivity contribution >= 4 is 62.3 Å². The minimum Gasteiger partial charge on any atom is -0.352 e. The van der Waals surface area contributed by atoms with Gasteiger partial charge in [0.15, 0.2) is 0 Å².